The van der Waals surface area contributed by atoms with E-state index in [0.717, 1.165) is 11.3 Å². The summed E-state index contributed by atoms with van der Waals surface area (Å²) in [6, 6.07) is 20.7. The first-order valence-electron chi connectivity index (χ1n) is 11.6. The normalized spacial score (nSPS) is 13.8. The second-order valence-electron chi connectivity index (χ2n) is 8.52. The van der Waals surface area contributed by atoms with Crippen molar-refractivity contribution in [1.82, 2.24) is 9.88 Å². The second kappa shape index (κ2) is 10.4. The Bertz CT molecular complexity index is 1360. The predicted octanol–water partition coefficient (Wildman–Crippen LogP) is 4.67. The van der Waals surface area contributed by atoms with E-state index in [0.29, 0.717) is 49.3 Å². The molecule has 0 aliphatic carbocycles. The van der Waals surface area contributed by atoms with Crippen LogP contribution in [-0.2, 0) is 4.79 Å². The third-order valence-electron chi connectivity index (χ3n) is 5.84. The first kappa shape index (κ1) is 23.2. The average molecular weight is 484 g/mol. The summed E-state index contributed by atoms with van der Waals surface area (Å²) in [5, 5.41) is 12.4. The lowest BCUT2D eigenvalue weighted by molar-refractivity contribution is -0.117. The van der Waals surface area contributed by atoms with E-state index >= 15 is 0 Å². The molecule has 1 aliphatic rings. The molecule has 1 saturated heterocycles. The largest absolute Gasteiger partial charge is 0.459 e. The van der Waals surface area contributed by atoms with Crippen LogP contribution in [0.25, 0.3) is 11.7 Å². The van der Waals surface area contributed by atoms with Crippen molar-refractivity contribution in [1.29, 1.82) is 5.26 Å². The molecule has 1 amide bonds. The van der Waals surface area contributed by atoms with Crippen LogP contribution in [0.2, 0.25) is 0 Å². The van der Waals surface area contributed by atoms with Crippen molar-refractivity contribution in [3.05, 3.63) is 78.2 Å². The van der Waals surface area contributed by atoms with Crippen molar-refractivity contribution in [2.75, 3.05) is 42.9 Å². The van der Waals surface area contributed by atoms with Gasteiger partial charge in [0.1, 0.15) is 17.6 Å². The summed E-state index contributed by atoms with van der Waals surface area (Å²) in [4.78, 5) is 20.9. The van der Waals surface area contributed by atoms with E-state index in [9.17, 15) is 10.1 Å². The lowest BCUT2D eigenvalue weighted by Gasteiger charge is -2.34. The van der Waals surface area contributed by atoms with Gasteiger partial charge in [0.2, 0.25) is 17.5 Å². The van der Waals surface area contributed by atoms with Gasteiger partial charge >= 0.3 is 0 Å². The van der Waals surface area contributed by atoms with Gasteiger partial charge in [-0.05, 0) is 61.0 Å². The molecule has 0 spiro atoms. The van der Waals surface area contributed by atoms with Crippen molar-refractivity contribution in [2.24, 2.45) is 0 Å². The zero-order valence-electron chi connectivity index (χ0n) is 19.8. The number of furan rings is 1. The zero-order valence-corrected chi connectivity index (χ0v) is 19.8. The van der Waals surface area contributed by atoms with E-state index in [2.05, 4.69) is 21.3 Å². The number of rotatable bonds is 7. The van der Waals surface area contributed by atoms with Crippen LogP contribution < -0.4 is 15.0 Å². The van der Waals surface area contributed by atoms with Crippen LogP contribution in [-0.4, -0.2) is 48.5 Å². The average Bonchev–Trinajstić information content (AvgIpc) is 3.56. The number of hydrogen-bond donors (Lipinski definition) is 1. The van der Waals surface area contributed by atoms with Gasteiger partial charge in [-0.2, -0.15) is 10.2 Å². The number of hydrogen-bond acceptors (Lipinski definition) is 8. The topological polar surface area (TPSA) is 108 Å². The van der Waals surface area contributed by atoms with Crippen molar-refractivity contribution in [3.8, 4) is 29.2 Å². The molecule has 0 radical (unpaired) electrons. The van der Waals surface area contributed by atoms with Crippen molar-refractivity contribution in [3.63, 3.8) is 0 Å². The molecule has 0 bridgehead atoms. The number of oxazole rings is 1. The zero-order chi connectivity index (χ0) is 24.9. The highest BCUT2D eigenvalue weighted by atomic mass is 16.5. The van der Waals surface area contributed by atoms with Crippen LogP contribution in [0.5, 0.6) is 11.5 Å². The Morgan fingerprint density at radius 1 is 1.08 bits per heavy atom. The minimum absolute atomic E-state index is 0.0895. The molecule has 0 saturated carbocycles. The molecule has 5 rings (SSSR count). The predicted molar refractivity (Wildman–Crippen MR) is 134 cm³/mol. The molecule has 0 atom stereocenters. The van der Waals surface area contributed by atoms with Gasteiger partial charge in [0, 0.05) is 31.9 Å². The van der Waals surface area contributed by atoms with E-state index in [1.807, 2.05) is 60.4 Å². The Morgan fingerprint density at radius 3 is 2.58 bits per heavy atom. The molecular formula is C27H25N5O4. The molecule has 36 heavy (non-hydrogen) atoms. The molecule has 0 unspecified atom stereocenters. The summed E-state index contributed by atoms with van der Waals surface area (Å²) in [7, 11) is 0. The van der Waals surface area contributed by atoms with Gasteiger partial charge < -0.3 is 23.8 Å². The van der Waals surface area contributed by atoms with Crippen LogP contribution in [0.15, 0.2) is 75.8 Å². The molecule has 2 aromatic heterocycles. The van der Waals surface area contributed by atoms with Gasteiger partial charge in [-0.25, -0.2) is 0 Å². The van der Waals surface area contributed by atoms with E-state index in [4.69, 9.17) is 13.6 Å². The summed E-state index contributed by atoms with van der Waals surface area (Å²) >= 11 is 0. The van der Waals surface area contributed by atoms with Crippen LogP contribution in [0.3, 0.4) is 0 Å². The Kier molecular flexibility index (Phi) is 6.69. The van der Waals surface area contributed by atoms with Gasteiger partial charge in [-0.15, -0.1) is 0 Å². The second-order valence-corrected chi connectivity index (χ2v) is 8.52. The maximum atomic E-state index is 12.6. The first-order valence-corrected chi connectivity index (χ1v) is 11.6. The maximum Gasteiger partial charge on any atom is 0.266 e. The van der Waals surface area contributed by atoms with E-state index < -0.39 is 0 Å². The number of benzene rings is 2. The van der Waals surface area contributed by atoms with Crippen LogP contribution in [0.4, 0.5) is 11.6 Å². The molecule has 9 nitrogen and oxygen atoms in total. The monoisotopic (exact) mass is 483 g/mol. The molecule has 2 aromatic carbocycles. The van der Waals surface area contributed by atoms with Gasteiger partial charge in [0.05, 0.1) is 12.8 Å². The minimum Gasteiger partial charge on any atom is -0.459 e. The Hall–Kier alpha value is -4.55. The van der Waals surface area contributed by atoms with Crippen molar-refractivity contribution < 1.29 is 18.4 Å². The Balaban J connectivity index is 1.12. The Labute approximate surface area is 208 Å². The lowest BCUT2D eigenvalue weighted by atomic mass is 10.2. The molecule has 9 heteroatoms. The number of carbonyl (C=O) groups is 1. The first-order chi connectivity index (χ1) is 17.6. The molecule has 4 aromatic rings. The SMILES string of the molecule is Cc1cccc(Oc2ccc(NC(=O)CN3CCN(c4oc(-c5ccco5)nc4C#N)CC3)cc2)c1. The fourth-order valence-corrected chi connectivity index (χ4v) is 4.04. The number of aryl methyl sites for hydroxylation is 1. The number of piperazine rings is 1. The lowest BCUT2D eigenvalue weighted by Crippen LogP contribution is -2.48. The van der Waals surface area contributed by atoms with Crippen molar-refractivity contribution >= 4 is 17.5 Å². The smallest absolute Gasteiger partial charge is 0.266 e. The van der Waals surface area contributed by atoms with Gasteiger partial charge in [0.25, 0.3) is 5.89 Å². The summed E-state index contributed by atoms with van der Waals surface area (Å²) in [5.41, 5.74) is 2.06. The summed E-state index contributed by atoms with van der Waals surface area (Å²) in [6.07, 6.45) is 1.53. The number of ether oxygens (including phenoxy) is 1. The maximum absolute atomic E-state index is 12.6. The quantitative estimate of drug-likeness (QED) is 0.404. The number of carbonyl (C=O) groups excluding carboxylic acids is 1. The Morgan fingerprint density at radius 2 is 1.89 bits per heavy atom. The summed E-state index contributed by atoms with van der Waals surface area (Å²) in [5.74, 6) is 2.57. The van der Waals surface area contributed by atoms with Crippen LogP contribution in [0, 0.1) is 18.3 Å². The van der Waals surface area contributed by atoms with Gasteiger partial charge in [-0.1, -0.05) is 12.1 Å². The highest BCUT2D eigenvalue weighted by Gasteiger charge is 2.26. The van der Waals surface area contributed by atoms with Gasteiger partial charge in [-0.3, -0.25) is 9.69 Å². The number of nitrogens with zero attached hydrogens (tertiary/aromatic N) is 4. The van der Waals surface area contributed by atoms with Crippen molar-refractivity contribution in [2.45, 2.75) is 6.92 Å². The molecule has 182 valence electrons. The van der Waals surface area contributed by atoms with E-state index in [1.54, 1.807) is 12.1 Å². The fraction of sp³-hybridized carbons (Fsp3) is 0.222. The number of anilines is 2. The van der Waals surface area contributed by atoms with Crippen LogP contribution in [0.1, 0.15) is 11.3 Å². The third kappa shape index (κ3) is 5.40. The molecule has 1 aliphatic heterocycles. The highest BCUT2D eigenvalue weighted by molar-refractivity contribution is 5.92. The summed E-state index contributed by atoms with van der Waals surface area (Å²) < 4.78 is 17.0. The van der Waals surface area contributed by atoms with Crippen LogP contribution >= 0.6 is 0 Å². The number of nitriles is 1. The number of aromatic nitrogens is 1. The minimum atomic E-state index is -0.0895. The van der Waals surface area contributed by atoms with Gasteiger partial charge in [0.15, 0.2) is 5.76 Å². The molecule has 3 heterocycles. The van der Waals surface area contributed by atoms with E-state index in [-0.39, 0.29) is 24.0 Å². The van der Waals surface area contributed by atoms with E-state index in [1.165, 1.54) is 6.26 Å². The molecule has 1 N–H and O–H groups in total. The number of amides is 1. The molecular weight excluding hydrogens is 458 g/mol. The molecule has 1 fully saturated rings. The standard InChI is InChI=1S/C27H25N5O4/c1-19-4-2-5-22(16-19)35-21-9-7-20(8-10-21)29-25(33)18-31-11-13-32(14-12-31)27-23(17-28)30-26(36-27)24-6-3-15-34-24/h2-10,15-16H,11-14,18H2,1H3,(H,29,33). The third-order valence-corrected chi connectivity index (χ3v) is 5.84. The fourth-order valence-electron chi connectivity index (χ4n) is 4.04. The number of nitrogens with one attached hydrogen (secondary N) is 1. The summed E-state index contributed by atoms with van der Waals surface area (Å²) in [6.45, 7) is 4.81. The highest BCUT2D eigenvalue weighted by Crippen LogP contribution is 2.29.